The molecular weight excluding hydrogens is 120 g/mol. The number of hydrogen-bond acceptors (Lipinski definition) is 0. The van der Waals surface area contributed by atoms with Gasteiger partial charge < -0.3 is 0 Å². The third-order valence-corrected chi connectivity index (χ3v) is 1.72. The lowest BCUT2D eigenvalue weighted by atomic mass is 10.4. The first-order valence-corrected chi connectivity index (χ1v) is 2.97. The normalized spacial score (nSPS) is 21.9. The maximum Gasteiger partial charge on any atom is 0.316 e. The Bertz CT molecular complexity index is 41.3. The van der Waals surface area contributed by atoms with Crippen LogP contribution in [-0.4, -0.2) is 28.4 Å². The van der Waals surface area contributed by atoms with Crippen LogP contribution in [0.15, 0.2) is 0 Å². The first-order valence-electron chi connectivity index (χ1n) is 2.53. The van der Waals surface area contributed by atoms with E-state index in [0.717, 1.165) is 0 Å². The molecule has 1 aliphatic carbocycles. The highest BCUT2D eigenvalue weighted by Crippen LogP contribution is 2.22. The molecule has 0 aromatic carbocycles. The third-order valence-electron chi connectivity index (χ3n) is 1.28. The molecule has 40 valence electrons. The molecule has 0 aromatic heterocycles. The molecule has 1 rings (SSSR count). The Labute approximate surface area is 65.8 Å². The Morgan fingerprint density at radius 1 is 1.14 bits per heavy atom. The summed E-state index contributed by atoms with van der Waals surface area (Å²) in [5, 5.41) is 0.519. The number of halogens is 1. The molecule has 0 N–H and O–H groups in total. The van der Waals surface area contributed by atoms with E-state index in [0.29, 0.717) is 5.38 Å². The summed E-state index contributed by atoms with van der Waals surface area (Å²) in [6.07, 6.45) is 5.21. The van der Waals surface area contributed by atoms with Gasteiger partial charge in [-0.25, -0.2) is 0 Å². The third kappa shape index (κ3) is 2.78. The molecule has 0 aromatic rings. The molecule has 1 aliphatic rings. The summed E-state index contributed by atoms with van der Waals surface area (Å²) in [5.74, 6) is 0. The molecule has 1 fully saturated rings. The van der Waals surface area contributed by atoms with E-state index in [-0.39, 0.29) is 23.1 Å². The lowest BCUT2D eigenvalue weighted by Gasteiger charge is -1.88. The van der Waals surface area contributed by atoms with Gasteiger partial charge in [0.05, 0.1) is 0 Å². The molecule has 0 spiro atoms. The molecule has 0 bridgehead atoms. The minimum Gasteiger partial charge on any atom is -0.123 e. The second-order valence-corrected chi connectivity index (χ2v) is 2.50. The van der Waals surface area contributed by atoms with Gasteiger partial charge in [-0.05, 0) is 12.8 Å². The second-order valence-electron chi connectivity index (χ2n) is 1.88. The highest BCUT2D eigenvalue weighted by atomic mass is 35.5. The van der Waals surface area contributed by atoms with Crippen molar-refractivity contribution in [1.29, 1.82) is 0 Å². The predicted molar refractivity (Wildman–Crippen MR) is 36.7 cm³/mol. The Kier molecular flexibility index (Phi) is 4.59. The van der Waals surface area contributed by atoms with Crippen molar-refractivity contribution in [3.8, 4) is 0 Å². The van der Waals surface area contributed by atoms with Gasteiger partial charge in [0, 0.05) is 5.38 Å². The monoisotopic (exact) mass is 130 g/mol. The van der Waals surface area contributed by atoms with E-state index in [1.54, 1.807) is 0 Å². The predicted octanol–water partition coefficient (Wildman–Crippen LogP) is 1.25. The average Bonchev–Trinajstić information content (AvgIpc) is 1.86. The molecule has 0 heterocycles. The second kappa shape index (κ2) is 3.99. The first kappa shape index (κ1) is 8.06. The minimum atomic E-state index is 0. The SMILES string of the molecule is ClC1CCCC1.[MgH2]. The van der Waals surface area contributed by atoms with Crippen LogP contribution in [0, 0.1) is 0 Å². The van der Waals surface area contributed by atoms with Gasteiger partial charge in [-0.1, -0.05) is 12.8 Å². The fourth-order valence-electron chi connectivity index (χ4n) is 0.876. The largest absolute Gasteiger partial charge is 0.316 e. The molecule has 0 radical (unpaired) electrons. The van der Waals surface area contributed by atoms with E-state index < -0.39 is 0 Å². The van der Waals surface area contributed by atoms with Crippen molar-refractivity contribution in [2.24, 2.45) is 0 Å². The van der Waals surface area contributed by atoms with E-state index in [4.69, 9.17) is 11.6 Å². The molecule has 0 saturated heterocycles. The number of hydrogen-bond donors (Lipinski definition) is 0. The maximum atomic E-state index is 5.71. The summed E-state index contributed by atoms with van der Waals surface area (Å²) in [4.78, 5) is 0. The lowest BCUT2D eigenvalue weighted by molar-refractivity contribution is 0.886. The summed E-state index contributed by atoms with van der Waals surface area (Å²) in [6, 6.07) is 0. The Balaban J connectivity index is 0.000000360. The molecule has 0 unspecified atom stereocenters. The number of alkyl halides is 1. The van der Waals surface area contributed by atoms with Crippen molar-refractivity contribution >= 4 is 34.7 Å². The summed E-state index contributed by atoms with van der Waals surface area (Å²) < 4.78 is 0. The van der Waals surface area contributed by atoms with Gasteiger partial charge in [0.2, 0.25) is 0 Å². The summed E-state index contributed by atoms with van der Waals surface area (Å²) in [7, 11) is 0. The van der Waals surface area contributed by atoms with E-state index >= 15 is 0 Å². The van der Waals surface area contributed by atoms with Crippen molar-refractivity contribution < 1.29 is 0 Å². The summed E-state index contributed by atoms with van der Waals surface area (Å²) in [6.45, 7) is 0. The van der Waals surface area contributed by atoms with Crippen molar-refractivity contribution in [3.05, 3.63) is 0 Å². The van der Waals surface area contributed by atoms with Crippen LogP contribution in [0.5, 0.6) is 0 Å². The quantitative estimate of drug-likeness (QED) is 0.342. The zero-order valence-electron chi connectivity index (χ0n) is 3.78. The van der Waals surface area contributed by atoms with Crippen LogP contribution in [0.3, 0.4) is 0 Å². The van der Waals surface area contributed by atoms with Crippen molar-refractivity contribution in [1.82, 2.24) is 0 Å². The van der Waals surface area contributed by atoms with Gasteiger partial charge in [-0.3, -0.25) is 0 Å². The van der Waals surface area contributed by atoms with E-state index in [2.05, 4.69) is 0 Å². The van der Waals surface area contributed by atoms with Crippen LogP contribution in [0.2, 0.25) is 0 Å². The number of rotatable bonds is 0. The van der Waals surface area contributed by atoms with Gasteiger partial charge >= 0.3 is 23.1 Å². The zero-order valence-corrected chi connectivity index (χ0v) is 4.54. The van der Waals surface area contributed by atoms with Crippen LogP contribution >= 0.6 is 11.6 Å². The maximum absolute atomic E-state index is 5.71. The Hall–Kier alpha value is 1.06. The fourth-order valence-corrected chi connectivity index (χ4v) is 1.18. The van der Waals surface area contributed by atoms with Gasteiger partial charge in [-0.15, -0.1) is 11.6 Å². The molecular formula is C5H11ClMg. The van der Waals surface area contributed by atoms with E-state index in [1.807, 2.05) is 0 Å². The van der Waals surface area contributed by atoms with Gasteiger partial charge in [0.15, 0.2) is 0 Å². The average molecular weight is 131 g/mol. The minimum absolute atomic E-state index is 0. The zero-order chi connectivity index (χ0) is 4.41. The van der Waals surface area contributed by atoms with Crippen LogP contribution in [0.4, 0.5) is 0 Å². The first-order chi connectivity index (χ1) is 2.89. The van der Waals surface area contributed by atoms with Gasteiger partial charge in [0.25, 0.3) is 0 Å². The van der Waals surface area contributed by atoms with Crippen LogP contribution in [0.1, 0.15) is 25.7 Å². The van der Waals surface area contributed by atoms with Crippen molar-refractivity contribution in [3.63, 3.8) is 0 Å². The topological polar surface area (TPSA) is 0 Å². The molecule has 0 atom stereocenters. The smallest absolute Gasteiger partial charge is 0.123 e. The molecule has 0 nitrogen and oxygen atoms in total. The molecule has 0 aliphatic heterocycles. The Morgan fingerprint density at radius 3 is 1.71 bits per heavy atom. The lowest BCUT2D eigenvalue weighted by Crippen LogP contribution is -1.83. The fraction of sp³-hybridized carbons (Fsp3) is 1.00. The molecule has 0 amide bonds. The molecule has 2 heteroatoms. The van der Waals surface area contributed by atoms with Gasteiger partial charge in [-0.2, -0.15) is 0 Å². The van der Waals surface area contributed by atoms with Crippen molar-refractivity contribution in [2.45, 2.75) is 31.1 Å². The van der Waals surface area contributed by atoms with E-state index in [1.165, 1.54) is 25.7 Å². The van der Waals surface area contributed by atoms with Crippen LogP contribution in [0.25, 0.3) is 0 Å². The van der Waals surface area contributed by atoms with E-state index in [9.17, 15) is 0 Å². The highest BCUT2D eigenvalue weighted by Gasteiger charge is 2.09. The standard InChI is InChI=1S/C5H9Cl.Mg.2H/c6-5-3-1-2-4-5;;;/h5H,1-4H2;;;. The van der Waals surface area contributed by atoms with Crippen LogP contribution in [-0.2, 0) is 0 Å². The highest BCUT2D eigenvalue weighted by molar-refractivity contribution is 6.20. The Morgan fingerprint density at radius 2 is 1.57 bits per heavy atom. The molecule has 1 saturated carbocycles. The van der Waals surface area contributed by atoms with Crippen LogP contribution < -0.4 is 0 Å². The summed E-state index contributed by atoms with van der Waals surface area (Å²) in [5.41, 5.74) is 0. The van der Waals surface area contributed by atoms with Gasteiger partial charge in [0.1, 0.15) is 0 Å². The molecule has 7 heavy (non-hydrogen) atoms. The summed E-state index contributed by atoms with van der Waals surface area (Å²) >= 11 is 5.71. The van der Waals surface area contributed by atoms with Crippen molar-refractivity contribution in [2.75, 3.05) is 0 Å².